The monoisotopic (exact) mass is 427 g/mol. The van der Waals surface area contributed by atoms with E-state index in [1.807, 2.05) is 33.9 Å². The molecular weight excluding hydrogens is 402 g/mol. The van der Waals surface area contributed by atoms with Crippen LogP contribution in [0.1, 0.15) is 35.5 Å². The highest BCUT2D eigenvalue weighted by Gasteiger charge is 2.29. The first-order chi connectivity index (χ1) is 14.3. The van der Waals surface area contributed by atoms with E-state index in [1.54, 1.807) is 34.0 Å². The van der Waals surface area contributed by atoms with Gasteiger partial charge in [-0.25, -0.2) is 13.4 Å². The number of pyridine rings is 1. The molecule has 1 aromatic carbocycles. The lowest BCUT2D eigenvalue weighted by Crippen LogP contribution is -2.30. The standard InChI is InChI=1S/C21H25N5O3S/c1-5-25(6-2)30(28,29)17-7-8-19-15(11-17)9-10-26(19)21(27)16-12-18-14(3)23-24(4)20(18)22-13-16/h7-8,11-13H,5-6,9-10H2,1-4H3. The largest absolute Gasteiger partial charge is 0.308 e. The lowest BCUT2D eigenvalue weighted by atomic mass is 10.1. The summed E-state index contributed by atoms with van der Waals surface area (Å²) in [7, 11) is -1.71. The Bertz CT molecular complexity index is 1250. The summed E-state index contributed by atoms with van der Waals surface area (Å²) in [5, 5.41) is 5.20. The third-order valence-electron chi connectivity index (χ3n) is 5.64. The fraction of sp³-hybridized carbons (Fsp3) is 0.381. The number of nitrogens with zero attached hydrogens (tertiary/aromatic N) is 5. The molecule has 9 heteroatoms. The zero-order valence-corrected chi connectivity index (χ0v) is 18.4. The molecule has 4 rings (SSSR count). The maximum Gasteiger partial charge on any atom is 0.259 e. The number of carbonyl (C=O) groups excluding carboxylic acids is 1. The van der Waals surface area contributed by atoms with Gasteiger partial charge in [-0.3, -0.25) is 9.48 Å². The van der Waals surface area contributed by atoms with E-state index in [-0.39, 0.29) is 10.8 Å². The smallest absolute Gasteiger partial charge is 0.259 e. The first kappa shape index (κ1) is 20.5. The minimum atomic E-state index is -3.53. The Morgan fingerprint density at radius 1 is 1.20 bits per heavy atom. The van der Waals surface area contributed by atoms with Crippen molar-refractivity contribution in [2.24, 2.45) is 7.05 Å². The summed E-state index contributed by atoms with van der Waals surface area (Å²) >= 11 is 0. The van der Waals surface area contributed by atoms with Gasteiger partial charge in [-0.1, -0.05) is 13.8 Å². The number of benzene rings is 1. The lowest BCUT2D eigenvalue weighted by Gasteiger charge is -2.20. The van der Waals surface area contributed by atoms with Crippen LogP contribution in [0.5, 0.6) is 0 Å². The maximum atomic E-state index is 13.2. The van der Waals surface area contributed by atoms with E-state index in [9.17, 15) is 13.2 Å². The molecule has 3 aromatic rings. The van der Waals surface area contributed by atoms with Gasteiger partial charge in [0.05, 0.1) is 16.2 Å². The maximum absolute atomic E-state index is 13.2. The van der Waals surface area contributed by atoms with Gasteiger partial charge in [0.1, 0.15) is 0 Å². The number of aryl methyl sites for hydroxylation is 2. The minimum absolute atomic E-state index is 0.147. The molecule has 8 nitrogen and oxygen atoms in total. The number of amides is 1. The van der Waals surface area contributed by atoms with E-state index in [0.29, 0.717) is 31.6 Å². The predicted molar refractivity (Wildman–Crippen MR) is 115 cm³/mol. The molecule has 0 bridgehead atoms. The van der Waals surface area contributed by atoms with Crippen LogP contribution in [0.15, 0.2) is 35.4 Å². The Balaban J connectivity index is 1.67. The molecule has 0 aliphatic carbocycles. The second-order valence-electron chi connectivity index (χ2n) is 7.39. The Labute approximate surface area is 176 Å². The van der Waals surface area contributed by atoms with Crippen molar-refractivity contribution < 1.29 is 13.2 Å². The number of carbonyl (C=O) groups is 1. The van der Waals surface area contributed by atoms with E-state index in [4.69, 9.17) is 0 Å². The molecule has 3 heterocycles. The summed E-state index contributed by atoms with van der Waals surface area (Å²) in [5.74, 6) is -0.147. The average molecular weight is 428 g/mol. The molecule has 1 aliphatic heterocycles. The molecule has 30 heavy (non-hydrogen) atoms. The number of aromatic nitrogens is 3. The molecule has 0 spiro atoms. The molecule has 0 atom stereocenters. The summed E-state index contributed by atoms with van der Waals surface area (Å²) < 4.78 is 28.8. The lowest BCUT2D eigenvalue weighted by molar-refractivity contribution is 0.0989. The van der Waals surface area contributed by atoms with E-state index < -0.39 is 10.0 Å². The second-order valence-corrected chi connectivity index (χ2v) is 9.33. The van der Waals surface area contributed by atoms with Crippen molar-refractivity contribution in [3.8, 4) is 0 Å². The molecular formula is C21H25N5O3S. The zero-order valence-electron chi connectivity index (χ0n) is 17.6. The van der Waals surface area contributed by atoms with Crippen LogP contribution in [0.25, 0.3) is 11.0 Å². The second kappa shape index (κ2) is 7.48. The van der Waals surface area contributed by atoms with Crippen LogP contribution in [0.2, 0.25) is 0 Å². The van der Waals surface area contributed by atoms with E-state index >= 15 is 0 Å². The van der Waals surface area contributed by atoms with Crippen LogP contribution in [0, 0.1) is 6.92 Å². The van der Waals surface area contributed by atoms with E-state index in [0.717, 1.165) is 28.0 Å². The van der Waals surface area contributed by atoms with Crippen molar-refractivity contribution in [2.45, 2.75) is 32.1 Å². The SMILES string of the molecule is CCN(CC)S(=O)(=O)c1ccc2c(c1)CCN2C(=O)c1cnc2c(c1)c(C)nn2C. The van der Waals surface area contributed by atoms with Gasteiger partial charge in [-0.05, 0) is 43.2 Å². The fourth-order valence-corrected chi connectivity index (χ4v) is 5.55. The van der Waals surface area contributed by atoms with Crippen LogP contribution in [0.3, 0.4) is 0 Å². The van der Waals surface area contributed by atoms with Crippen LogP contribution in [-0.2, 0) is 23.5 Å². The van der Waals surface area contributed by atoms with Crippen LogP contribution >= 0.6 is 0 Å². The van der Waals surface area contributed by atoms with Crippen molar-refractivity contribution in [2.75, 3.05) is 24.5 Å². The summed E-state index contributed by atoms with van der Waals surface area (Å²) in [6.07, 6.45) is 2.19. The third-order valence-corrected chi connectivity index (χ3v) is 7.69. The number of fused-ring (bicyclic) bond motifs is 2. The Morgan fingerprint density at radius 3 is 2.63 bits per heavy atom. The highest BCUT2D eigenvalue weighted by molar-refractivity contribution is 7.89. The highest BCUT2D eigenvalue weighted by Crippen LogP contribution is 2.32. The van der Waals surface area contributed by atoms with Gasteiger partial charge in [0.25, 0.3) is 5.91 Å². The van der Waals surface area contributed by atoms with Gasteiger partial charge in [0.2, 0.25) is 10.0 Å². The fourth-order valence-electron chi connectivity index (χ4n) is 4.04. The normalized spacial score (nSPS) is 14.0. The quantitative estimate of drug-likeness (QED) is 0.624. The van der Waals surface area contributed by atoms with Gasteiger partial charge in [-0.2, -0.15) is 9.40 Å². The number of hydrogen-bond donors (Lipinski definition) is 0. The van der Waals surface area contributed by atoms with Crippen molar-refractivity contribution in [3.05, 3.63) is 47.3 Å². The van der Waals surface area contributed by atoms with Gasteiger partial charge in [0, 0.05) is 44.0 Å². The molecule has 0 saturated heterocycles. The molecule has 0 radical (unpaired) electrons. The molecule has 0 saturated carbocycles. The Kier molecular flexibility index (Phi) is 5.11. The first-order valence-electron chi connectivity index (χ1n) is 10.0. The topological polar surface area (TPSA) is 88.4 Å². The number of rotatable bonds is 5. The number of hydrogen-bond acceptors (Lipinski definition) is 5. The molecule has 0 fully saturated rings. The predicted octanol–water partition coefficient (Wildman–Crippen LogP) is 2.51. The van der Waals surface area contributed by atoms with Crippen LogP contribution in [-0.4, -0.2) is 53.0 Å². The van der Waals surface area contributed by atoms with E-state index in [2.05, 4.69) is 10.1 Å². The number of sulfonamides is 1. The molecule has 1 aliphatic rings. The van der Waals surface area contributed by atoms with Crippen molar-refractivity contribution in [1.29, 1.82) is 0 Å². The Hall–Kier alpha value is -2.78. The van der Waals surface area contributed by atoms with Gasteiger partial charge in [-0.15, -0.1) is 0 Å². The molecule has 2 aromatic heterocycles. The first-order valence-corrected chi connectivity index (χ1v) is 11.5. The minimum Gasteiger partial charge on any atom is -0.308 e. The van der Waals surface area contributed by atoms with Crippen molar-refractivity contribution in [3.63, 3.8) is 0 Å². The molecule has 0 unspecified atom stereocenters. The summed E-state index contributed by atoms with van der Waals surface area (Å²) in [6.45, 7) is 6.88. The zero-order chi connectivity index (χ0) is 21.6. The molecule has 158 valence electrons. The van der Waals surface area contributed by atoms with E-state index in [1.165, 1.54) is 4.31 Å². The van der Waals surface area contributed by atoms with Crippen LogP contribution in [0.4, 0.5) is 5.69 Å². The summed E-state index contributed by atoms with van der Waals surface area (Å²) in [5.41, 5.74) is 3.66. The Morgan fingerprint density at radius 2 is 1.93 bits per heavy atom. The van der Waals surface area contributed by atoms with Gasteiger partial charge < -0.3 is 4.90 Å². The van der Waals surface area contributed by atoms with Gasteiger partial charge >= 0.3 is 0 Å². The molecule has 0 N–H and O–H groups in total. The third kappa shape index (κ3) is 3.18. The van der Waals surface area contributed by atoms with Crippen molar-refractivity contribution >= 4 is 32.7 Å². The molecule has 1 amide bonds. The van der Waals surface area contributed by atoms with Crippen molar-refractivity contribution in [1.82, 2.24) is 19.1 Å². The summed E-state index contributed by atoms with van der Waals surface area (Å²) in [6, 6.07) is 6.84. The highest BCUT2D eigenvalue weighted by atomic mass is 32.2. The average Bonchev–Trinajstić information content (AvgIpc) is 3.28. The van der Waals surface area contributed by atoms with Gasteiger partial charge in [0.15, 0.2) is 5.65 Å². The number of anilines is 1. The summed E-state index contributed by atoms with van der Waals surface area (Å²) in [4.78, 5) is 19.6. The van der Waals surface area contributed by atoms with Crippen LogP contribution < -0.4 is 4.90 Å².